The van der Waals surface area contributed by atoms with Gasteiger partial charge in [0.05, 0.1) is 16.8 Å². The van der Waals surface area contributed by atoms with Crippen molar-refractivity contribution in [1.82, 2.24) is 0 Å². The zero-order valence-corrected chi connectivity index (χ0v) is 12.1. The van der Waals surface area contributed by atoms with Gasteiger partial charge in [0.2, 0.25) is 0 Å². The van der Waals surface area contributed by atoms with Crippen molar-refractivity contribution in [1.29, 1.82) is 0 Å². The molecule has 0 spiro atoms. The molecule has 0 saturated carbocycles. The number of hydrogen-bond donors (Lipinski definition) is 1. The molecular weight excluding hydrogens is 258 g/mol. The van der Waals surface area contributed by atoms with E-state index in [0.29, 0.717) is 5.02 Å². The summed E-state index contributed by atoms with van der Waals surface area (Å²) in [4.78, 5) is 2.04. The van der Waals surface area contributed by atoms with E-state index in [1.165, 1.54) is 5.56 Å². The molecule has 2 aromatic rings. The molecule has 1 atom stereocenters. The molecular formula is C16H18ClNO. The van der Waals surface area contributed by atoms with Crippen LogP contribution in [0.25, 0.3) is 0 Å². The van der Waals surface area contributed by atoms with Crippen LogP contribution in [-0.2, 0) is 0 Å². The van der Waals surface area contributed by atoms with Crippen LogP contribution in [0.15, 0.2) is 42.5 Å². The summed E-state index contributed by atoms with van der Waals surface area (Å²) < 4.78 is 0. The standard InChI is InChI=1S/C16H18ClNO/c1-11-5-4-6-14(9-11)18(3)16-8-7-13(12(2)19)10-15(16)17/h4-10,12,19H,1-3H3/t12-/m1/s1. The molecule has 1 N–H and O–H groups in total. The molecule has 19 heavy (non-hydrogen) atoms. The Labute approximate surface area is 119 Å². The van der Waals surface area contributed by atoms with Crippen LogP contribution in [0, 0.1) is 6.92 Å². The summed E-state index contributed by atoms with van der Waals surface area (Å²) in [7, 11) is 1.98. The summed E-state index contributed by atoms with van der Waals surface area (Å²) in [6, 6.07) is 13.9. The molecule has 0 aliphatic rings. The van der Waals surface area contributed by atoms with Crippen molar-refractivity contribution in [3.8, 4) is 0 Å². The Bertz CT molecular complexity index is 581. The lowest BCUT2D eigenvalue weighted by molar-refractivity contribution is 0.199. The van der Waals surface area contributed by atoms with Gasteiger partial charge in [0, 0.05) is 12.7 Å². The van der Waals surface area contributed by atoms with Crippen molar-refractivity contribution in [2.45, 2.75) is 20.0 Å². The highest BCUT2D eigenvalue weighted by Crippen LogP contribution is 2.32. The van der Waals surface area contributed by atoms with Gasteiger partial charge in [0.25, 0.3) is 0 Å². The fraction of sp³-hybridized carbons (Fsp3) is 0.250. The molecule has 0 heterocycles. The van der Waals surface area contributed by atoms with Crippen LogP contribution in [-0.4, -0.2) is 12.2 Å². The maximum atomic E-state index is 9.56. The summed E-state index contributed by atoms with van der Waals surface area (Å²) in [5, 5.41) is 10.2. The van der Waals surface area contributed by atoms with Gasteiger partial charge in [-0.1, -0.05) is 29.8 Å². The highest BCUT2D eigenvalue weighted by molar-refractivity contribution is 6.33. The second-order valence-corrected chi connectivity index (χ2v) is 5.19. The van der Waals surface area contributed by atoms with Crippen molar-refractivity contribution < 1.29 is 5.11 Å². The Morgan fingerprint density at radius 3 is 2.47 bits per heavy atom. The molecule has 0 unspecified atom stereocenters. The molecule has 3 heteroatoms. The molecule has 0 saturated heterocycles. The van der Waals surface area contributed by atoms with Gasteiger partial charge in [0.15, 0.2) is 0 Å². The van der Waals surface area contributed by atoms with Crippen molar-refractivity contribution in [3.05, 3.63) is 58.6 Å². The van der Waals surface area contributed by atoms with E-state index in [4.69, 9.17) is 11.6 Å². The largest absolute Gasteiger partial charge is 0.389 e. The summed E-state index contributed by atoms with van der Waals surface area (Å²) in [5.74, 6) is 0. The number of anilines is 2. The maximum absolute atomic E-state index is 9.56. The van der Waals surface area contributed by atoms with E-state index in [1.54, 1.807) is 6.92 Å². The van der Waals surface area contributed by atoms with E-state index in [9.17, 15) is 5.11 Å². The Kier molecular flexibility index (Phi) is 4.13. The number of aliphatic hydroxyl groups is 1. The first kappa shape index (κ1) is 13.9. The van der Waals surface area contributed by atoms with E-state index in [-0.39, 0.29) is 0 Å². The highest BCUT2D eigenvalue weighted by Gasteiger charge is 2.10. The van der Waals surface area contributed by atoms with Crippen LogP contribution in [0.4, 0.5) is 11.4 Å². The molecule has 2 aromatic carbocycles. The SMILES string of the molecule is Cc1cccc(N(C)c2ccc([C@@H](C)O)cc2Cl)c1. The lowest BCUT2D eigenvalue weighted by Gasteiger charge is -2.22. The van der Waals surface area contributed by atoms with Crippen LogP contribution in [0.2, 0.25) is 5.02 Å². The lowest BCUT2D eigenvalue weighted by Crippen LogP contribution is -2.10. The predicted molar refractivity (Wildman–Crippen MR) is 81.3 cm³/mol. The average Bonchev–Trinajstić information content (AvgIpc) is 2.37. The number of nitrogens with zero attached hydrogens (tertiary/aromatic N) is 1. The molecule has 2 nitrogen and oxygen atoms in total. The van der Waals surface area contributed by atoms with E-state index >= 15 is 0 Å². The molecule has 0 aliphatic heterocycles. The average molecular weight is 276 g/mol. The van der Waals surface area contributed by atoms with Crippen LogP contribution in [0.3, 0.4) is 0 Å². The fourth-order valence-corrected chi connectivity index (χ4v) is 2.35. The monoisotopic (exact) mass is 275 g/mol. The number of aryl methyl sites for hydroxylation is 1. The van der Waals surface area contributed by atoms with E-state index < -0.39 is 6.10 Å². The predicted octanol–water partition coefficient (Wildman–Crippen LogP) is 4.47. The van der Waals surface area contributed by atoms with Gasteiger partial charge >= 0.3 is 0 Å². The second kappa shape index (κ2) is 5.64. The highest BCUT2D eigenvalue weighted by atomic mass is 35.5. The second-order valence-electron chi connectivity index (χ2n) is 4.78. The number of benzene rings is 2. The molecule has 0 bridgehead atoms. The minimum Gasteiger partial charge on any atom is -0.389 e. The van der Waals surface area contributed by atoms with Crippen LogP contribution < -0.4 is 4.90 Å². The lowest BCUT2D eigenvalue weighted by atomic mass is 10.1. The zero-order valence-electron chi connectivity index (χ0n) is 11.4. The Hall–Kier alpha value is -1.51. The van der Waals surface area contributed by atoms with Crippen LogP contribution >= 0.6 is 11.6 Å². The van der Waals surface area contributed by atoms with Gasteiger partial charge in [-0.25, -0.2) is 0 Å². The van der Waals surface area contributed by atoms with Crippen molar-refractivity contribution in [3.63, 3.8) is 0 Å². The van der Waals surface area contributed by atoms with Crippen molar-refractivity contribution in [2.24, 2.45) is 0 Å². The Morgan fingerprint density at radius 1 is 1.16 bits per heavy atom. The third kappa shape index (κ3) is 3.09. The van der Waals surface area contributed by atoms with Gasteiger partial charge < -0.3 is 10.0 Å². The van der Waals surface area contributed by atoms with Crippen LogP contribution in [0.1, 0.15) is 24.2 Å². The minimum atomic E-state index is -0.504. The first-order valence-electron chi connectivity index (χ1n) is 6.27. The first-order valence-corrected chi connectivity index (χ1v) is 6.64. The van der Waals surface area contributed by atoms with Gasteiger partial charge in [0.1, 0.15) is 0 Å². The Balaban J connectivity index is 2.36. The van der Waals surface area contributed by atoms with Crippen molar-refractivity contribution in [2.75, 3.05) is 11.9 Å². The molecule has 2 rings (SSSR count). The normalized spacial score (nSPS) is 12.3. The fourth-order valence-electron chi connectivity index (χ4n) is 2.03. The topological polar surface area (TPSA) is 23.5 Å². The molecule has 0 fully saturated rings. The van der Waals surface area contributed by atoms with Gasteiger partial charge in [-0.15, -0.1) is 0 Å². The van der Waals surface area contributed by atoms with E-state index in [1.807, 2.05) is 42.3 Å². The Morgan fingerprint density at radius 2 is 1.89 bits per heavy atom. The van der Waals surface area contributed by atoms with E-state index in [2.05, 4.69) is 19.1 Å². The minimum absolute atomic E-state index is 0.504. The molecule has 0 aliphatic carbocycles. The number of aliphatic hydroxyl groups excluding tert-OH is 1. The zero-order chi connectivity index (χ0) is 14.0. The summed E-state index contributed by atoms with van der Waals surface area (Å²) in [6.07, 6.45) is -0.504. The quantitative estimate of drug-likeness (QED) is 0.893. The van der Waals surface area contributed by atoms with Gasteiger partial charge in [-0.3, -0.25) is 0 Å². The maximum Gasteiger partial charge on any atom is 0.0762 e. The summed E-state index contributed by atoms with van der Waals surface area (Å²) >= 11 is 6.31. The third-order valence-corrected chi connectivity index (χ3v) is 3.51. The third-order valence-electron chi connectivity index (χ3n) is 3.20. The summed E-state index contributed by atoms with van der Waals surface area (Å²) in [6.45, 7) is 3.80. The smallest absolute Gasteiger partial charge is 0.0762 e. The number of rotatable bonds is 3. The molecule has 0 aromatic heterocycles. The van der Waals surface area contributed by atoms with Gasteiger partial charge in [-0.2, -0.15) is 0 Å². The van der Waals surface area contributed by atoms with Crippen molar-refractivity contribution >= 4 is 23.0 Å². The van der Waals surface area contributed by atoms with E-state index in [0.717, 1.165) is 16.9 Å². The number of hydrogen-bond acceptors (Lipinski definition) is 2. The first-order chi connectivity index (χ1) is 8.99. The molecule has 0 amide bonds. The molecule has 0 radical (unpaired) electrons. The molecule has 100 valence electrons. The number of halogens is 1. The summed E-state index contributed by atoms with van der Waals surface area (Å²) in [5.41, 5.74) is 4.05. The van der Waals surface area contributed by atoms with Gasteiger partial charge in [-0.05, 0) is 49.2 Å². The van der Waals surface area contributed by atoms with Crippen LogP contribution in [0.5, 0.6) is 0 Å².